The van der Waals surface area contributed by atoms with Crippen molar-refractivity contribution in [3.05, 3.63) is 63.8 Å². The van der Waals surface area contributed by atoms with Gasteiger partial charge in [-0.3, -0.25) is 4.79 Å². The van der Waals surface area contributed by atoms with E-state index in [1.807, 2.05) is 0 Å². The molecule has 0 fully saturated rings. The topological polar surface area (TPSA) is 79.9 Å². The third-order valence-electron chi connectivity index (χ3n) is 3.07. The van der Waals surface area contributed by atoms with Crippen LogP contribution in [0.5, 0.6) is 0 Å². The molecular weight excluding hydrogens is 331 g/mol. The molecule has 0 bridgehead atoms. The van der Waals surface area contributed by atoms with Crippen LogP contribution >= 0.6 is 11.6 Å². The van der Waals surface area contributed by atoms with Gasteiger partial charge >= 0.3 is 0 Å². The molecule has 2 heterocycles. The highest BCUT2D eigenvalue weighted by Gasteiger charge is 2.23. The first kappa shape index (κ1) is 14.7. The van der Waals surface area contributed by atoms with Crippen LogP contribution in [-0.4, -0.2) is 18.4 Å². The van der Waals surface area contributed by atoms with E-state index in [9.17, 15) is 17.6 Å². The standard InChI is InChI=1S/C14H8ClFN2O3S/c15-12-6-5-10-13(18-12)14(19)11(7-17-10)22(20,21)9-3-1-8(16)2-4-9/h1-7H,(H,17,19). The number of hydrogen-bond donors (Lipinski definition) is 1. The number of fused-ring (bicyclic) bond motifs is 1. The van der Waals surface area contributed by atoms with Gasteiger partial charge in [0.15, 0.2) is 0 Å². The van der Waals surface area contributed by atoms with Crippen molar-refractivity contribution in [1.82, 2.24) is 9.97 Å². The van der Waals surface area contributed by atoms with Crippen LogP contribution in [0, 0.1) is 5.82 Å². The quantitative estimate of drug-likeness (QED) is 0.575. The monoisotopic (exact) mass is 338 g/mol. The van der Waals surface area contributed by atoms with Crippen molar-refractivity contribution >= 4 is 32.5 Å². The molecule has 0 saturated carbocycles. The maximum absolute atomic E-state index is 12.9. The van der Waals surface area contributed by atoms with Gasteiger partial charge in [-0.1, -0.05) is 11.6 Å². The molecule has 0 unspecified atom stereocenters. The lowest BCUT2D eigenvalue weighted by Gasteiger charge is -2.05. The molecule has 0 radical (unpaired) electrons. The van der Waals surface area contributed by atoms with Gasteiger partial charge in [-0.25, -0.2) is 17.8 Å². The summed E-state index contributed by atoms with van der Waals surface area (Å²) >= 11 is 5.74. The number of rotatable bonds is 2. The molecule has 0 amide bonds. The minimum atomic E-state index is -4.08. The molecule has 0 aliphatic heterocycles. The van der Waals surface area contributed by atoms with Gasteiger partial charge in [-0.2, -0.15) is 0 Å². The SMILES string of the molecule is O=c1c(S(=O)(=O)c2ccc(F)cc2)c[nH]c2ccc(Cl)nc12. The number of halogens is 2. The Labute approximate surface area is 129 Å². The van der Waals surface area contributed by atoms with Crippen molar-refractivity contribution in [3.63, 3.8) is 0 Å². The number of benzene rings is 1. The Kier molecular flexibility index (Phi) is 3.46. The van der Waals surface area contributed by atoms with Crippen molar-refractivity contribution in [2.75, 3.05) is 0 Å². The van der Waals surface area contributed by atoms with Crippen molar-refractivity contribution in [1.29, 1.82) is 0 Å². The Balaban J connectivity index is 2.27. The molecule has 0 aliphatic rings. The lowest BCUT2D eigenvalue weighted by Crippen LogP contribution is -2.17. The normalized spacial score (nSPS) is 11.7. The predicted molar refractivity (Wildman–Crippen MR) is 79.2 cm³/mol. The summed E-state index contributed by atoms with van der Waals surface area (Å²) in [7, 11) is -4.08. The second kappa shape index (κ2) is 5.19. The van der Waals surface area contributed by atoms with Crippen LogP contribution in [0.4, 0.5) is 4.39 Å². The molecule has 0 saturated heterocycles. The number of hydrogen-bond acceptors (Lipinski definition) is 4. The number of sulfone groups is 1. The third-order valence-corrected chi connectivity index (χ3v) is 5.06. The highest BCUT2D eigenvalue weighted by molar-refractivity contribution is 7.91. The van der Waals surface area contributed by atoms with E-state index in [0.717, 1.165) is 30.5 Å². The molecule has 1 aromatic carbocycles. The Morgan fingerprint density at radius 1 is 1.09 bits per heavy atom. The summed E-state index contributed by atoms with van der Waals surface area (Å²) in [6.07, 6.45) is 1.10. The molecule has 0 atom stereocenters. The van der Waals surface area contributed by atoms with E-state index in [-0.39, 0.29) is 15.6 Å². The first-order valence-electron chi connectivity index (χ1n) is 6.08. The maximum Gasteiger partial charge on any atom is 0.226 e. The first-order valence-corrected chi connectivity index (χ1v) is 7.94. The van der Waals surface area contributed by atoms with Gasteiger partial charge in [-0.15, -0.1) is 0 Å². The van der Waals surface area contributed by atoms with E-state index in [0.29, 0.717) is 5.52 Å². The lowest BCUT2D eigenvalue weighted by atomic mass is 10.3. The summed E-state index contributed by atoms with van der Waals surface area (Å²) < 4.78 is 37.9. The van der Waals surface area contributed by atoms with Gasteiger partial charge in [0.25, 0.3) is 0 Å². The van der Waals surface area contributed by atoms with E-state index < -0.39 is 26.0 Å². The predicted octanol–water partition coefficient (Wildman–Crippen LogP) is 2.55. The zero-order chi connectivity index (χ0) is 15.9. The summed E-state index contributed by atoms with van der Waals surface area (Å²) in [5, 5.41) is 0.0781. The molecule has 22 heavy (non-hydrogen) atoms. The fourth-order valence-corrected chi connectivity index (χ4v) is 3.44. The van der Waals surface area contributed by atoms with Crippen LogP contribution in [-0.2, 0) is 9.84 Å². The minimum Gasteiger partial charge on any atom is -0.358 e. The Hall–Kier alpha value is -2.25. The number of aromatic nitrogens is 2. The highest BCUT2D eigenvalue weighted by Crippen LogP contribution is 2.20. The average molecular weight is 339 g/mol. The van der Waals surface area contributed by atoms with Crippen LogP contribution < -0.4 is 5.43 Å². The largest absolute Gasteiger partial charge is 0.358 e. The minimum absolute atomic E-state index is 0.0734. The summed E-state index contributed by atoms with van der Waals surface area (Å²) in [6, 6.07) is 7.22. The van der Waals surface area contributed by atoms with E-state index in [4.69, 9.17) is 11.6 Å². The highest BCUT2D eigenvalue weighted by atomic mass is 35.5. The smallest absolute Gasteiger partial charge is 0.226 e. The van der Waals surface area contributed by atoms with Crippen LogP contribution in [0.25, 0.3) is 11.0 Å². The second-order valence-corrected chi connectivity index (χ2v) is 6.77. The van der Waals surface area contributed by atoms with Gasteiger partial charge in [0.2, 0.25) is 15.3 Å². The van der Waals surface area contributed by atoms with Gasteiger partial charge in [0, 0.05) is 6.20 Å². The van der Waals surface area contributed by atoms with Gasteiger partial charge in [0.05, 0.1) is 10.4 Å². The van der Waals surface area contributed by atoms with Gasteiger partial charge < -0.3 is 4.98 Å². The lowest BCUT2D eigenvalue weighted by molar-refractivity contribution is 0.594. The Morgan fingerprint density at radius 2 is 1.77 bits per heavy atom. The summed E-state index contributed by atoms with van der Waals surface area (Å²) in [4.78, 5) is 18.3. The molecular formula is C14H8ClFN2O3S. The second-order valence-electron chi connectivity index (χ2n) is 4.47. The number of nitrogens with zero attached hydrogens (tertiary/aromatic N) is 1. The number of aromatic amines is 1. The van der Waals surface area contributed by atoms with Crippen molar-refractivity contribution in [3.8, 4) is 0 Å². The van der Waals surface area contributed by atoms with Crippen molar-refractivity contribution in [2.24, 2.45) is 0 Å². The molecule has 0 aliphatic carbocycles. The zero-order valence-corrected chi connectivity index (χ0v) is 12.5. The summed E-state index contributed by atoms with van der Waals surface area (Å²) in [5.74, 6) is -0.570. The molecule has 2 aromatic heterocycles. The molecule has 0 spiro atoms. The van der Waals surface area contributed by atoms with E-state index >= 15 is 0 Å². The molecule has 5 nitrogen and oxygen atoms in total. The summed E-state index contributed by atoms with van der Waals surface area (Å²) in [5.41, 5.74) is -0.469. The van der Waals surface area contributed by atoms with Crippen LogP contribution in [0.2, 0.25) is 5.15 Å². The zero-order valence-electron chi connectivity index (χ0n) is 10.9. The van der Waals surface area contributed by atoms with Crippen LogP contribution in [0.1, 0.15) is 0 Å². The van der Waals surface area contributed by atoms with Gasteiger partial charge in [-0.05, 0) is 36.4 Å². The average Bonchev–Trinajstić information content (AvgIpc) is 2.48. The number of H-pyrrole nitrogens is 1. The molecule has 1 N–H and O–H groups in total. The molecule has 8 heteroatoms. The van der Waals surface area contributed by atoms with Crippen molar-refractivity contribution in [2.45, 2.75) is 9.79 Å². The maximum atomic E-state index is 12.9. The molecule has 3 rings (SSSR count). The Bertz CT molecular complexity index is 1030. The van der Waals surface area contributed by atoms with Crippen LogP contribution in [0.15, 0.2) is 57.2 Å². The molecule has 3 aromatic rings. The van der Waals surface area contributed by atoms with E-state index in [2.05, 4.69) is 9.97 Å². The van der Waals surface area contributed by atoms with Gasteiger partial charge in [0.1, 0.15) is 21.4 Å². The number of nitrogens with one attached hydrogen (secondary N) is 1. The fourth-order valence-electron chi connectivity index (χ4n) is 1.99. The van der Waals surface area contributed by atoms with E-state index in [1.54, 1.807) is 0 Å². The molecule has 112 valence electrons. The first-order chi connectivity index (χ1) is 10.4. The fraction of sp³-hybridized carbons (Fsp3) is 0. The summed E-state index contributed by atoms with van der Waals surface area (Å²) in [6.45, 7) is 0. The Morgan fingerprint density at radius 3 is 2.45 bits per heavy atom. The van der Waals surface area contributed by atoms with E-state index in [1.165, 1.54) is 12.1 Å². The number of pyridine rings is 2. The van der Waals surface area contributed by atoms with Crippen molar-refractivity contribution < 1.29 is 12.8 Å². The van der Waals surface area contributed by atoms with Crippen LogP contribution in [0.3, 0.4) is 0 Å². The third kappa shape index (κ3) is 2.38.